The number of aryl methyl sites for hydroxylation is 1. The number of rotatable bonds is 5. The minimum absolute atomic E-state index is 0.0422. The normalized spacial score (nSPS) is 18.3. The summed E-state index contributed by atoms with van der Waals surface area (Å²) in [6.07, 6.45) is 5.46. The van der Waals surface area contributed by atoms with E-state index in [1.807, 2.05) is 19.2 Å². The third-order valence-corrected chi connectivity index (χ3v) is 4.37. The second-order valence-corrected chi connectivity index (χ2v) is 6.30. The van der Waals surface area contributed by atoms with Gasteiger partial charge in [-0.25, -0.2) is 0 Å². The summed E-state index contributed by atoms with van der Waals surface area (Å²) in [7, 11) is 3.49. The second kappa shape index (κ2) is 7.49. The van der Waals surface area contributed by atoms with Gasteiger partial charge < -0.3 is 10.1 Å². The molecule has 3 rings (SSSR count). The topological polar surface area (TPSA) is 59.4 Å². The van der Waals surface area contributed by atoms with Crippen molar-refractivity contribution in [1.82, 2.24) is 20.0 Å². The fourth-order valence-corrected chi connectivity index (χ4v) is 3.11. The van der Waals surface area contributed by atoms with Gasteiger partial charge >= 0.3 is 0 Å². The number of methoxy groups -OCH3 is 1. The lowest BCUT2D eigenvalue weighted by atomic mass is 10.0. The Morgan fingerprint density at radius 2 is 2.17 bits per heavy atom. The number of amides is 1. The van der Waals surface area contributed by atoms with Gasteiger partial charge in [0.2, 0.25) is 0 Å². The molecule has 6 nitrogen and oxygen atoms in total. The quantitative estimate of drug-likeness (QED) is 0.910. The Hall–Kier alpha value is -2.34. The van der Waals surface area contributed by atoms with Crippen molar-refractivity contribution in [2.75, 3.05) is 20.2 Å². The number of hydrogen-bond donors (Lipinski definition) is 1. The van der Waals surface area contributed by atoms with Crippen LogP contribution in [0.2, 0.25) is 0 Å². The number of hydrogen-bond acceptors (Lipinski definition) is 4. The van der Waals surface area contributed by atoms with Gasteiger partial charge in [0.05, 0.1) is 18.9 Å². The first-order valence-corrected chi connectivity index (χ1v) is 8.29. The predicted molar refractivity (Wildman–Crippen MR) is 92.0 cm³/mol. The Kier molecular flexibility index (Phi) is 5.15. The summed E-state index contributed by atoms with van der Waals surface area (Å²) in [5.74, 6) is 0.832. The summed E-state index contributed by atoms with van der Waals surface area (Å²) in [6, 6.07) is 8.35. The van der Waals surface area contributed by atoms with Crippen LogP contribution in [0.1, 0.15) is 28.8 Å². The lowest BCUT2D eigenvalue weighted by Crippen LogP contribution is -2.47. The number of aromatic nitrogens is 2. The molecule has 1 fully saturated rings. The molecule has 1 atom stereocenters. The molecule has 1 saturated heterocycles. The Labute approximate surface area is 142 Å². The standard InChI is InChI=1S/C18H24N4O2/c1-21-12-15(10-19-21)18(23)20-16-4-3-9-22(13-16)11-14-5-7-17(24-2)8-6-14/h5-8,10,12,16H,3-4,9,11,13H2,1-2H3,(H,20,23). The molecule has 1 aromatic carbocycles. The van der Waals surface area contributed by atoms with E-state index in [9.17, 15) is 4.79 Å². The summed E-state index contributed by atoms with van der Waals surface area (Å²) in [5.41, 5.74) is 1.87. The zero-order chi connectivity index (χ0) is 16.9. The predicted octanol–water partition coefficient (Wildman–Crippen LogP) is 1.82. The first-order valence-electron chi connectivity index (χ1n) is 8.29. The van der Waals surface area contributed by atoms with Gasteiger partial charge in [0.15, 0.2) is 0 Å². The molecule has 6 heteroatoms. The van der Waals surface area contributed by atoms with Gasteiger partial charge in [-0.05, 0) is 37.1 Å². The highest BCUT2D eigenvalue weighted by molar-refractivity contribution is 5.93. The van der Waals surface area contributed by atoms with Gasteiger partial charge in [0, 0.05) is 32.4 Å². The SMILES string of the molecule is COc1ccc(CN2CCCC(NC(=O)c3cnn(C)c3)C2)cc1. The van der Waals surface area contributed by atoms with Gasteiger partial charge in [0.25, 0.3) is 5.91 Å². The molecule has 1 aromatic heterocycles. The van der Waals surface area contributed by atoms with Crippen LogP contribution < -0.4 is 10.1 Å². The Morgan fingerprint density at radius 3 is 2.83 bits per heavy atom. The number of nitrogens with zero attached hydrogens (tertiary/aromatic N) is 3. The van der Waals surface area contributed by atoms with Gasteiger partial charge in [-0.15, -0.1) is 0 Å². The molecule has 2 aromatic rings. The maximum atomic E-state index is 12.3. The van der Waals surface area contributed by atoms with Crippen LogP contribution in [0.5, 0.6) is 5.75 Å². The van der Waals surface area contributed by atoms with Crippen molar-refractivity contribution < 1.29 is 9.53 Å². The van der Waals surface area contributed by atoms with Crippen molar-refractivity contribution in [1.29, 1.82) is 0 Å². The first kappa shape index (κ1) is 16.5. The molecule has 2 heterocycles. The number of likely N-dealkylation sites (tertiary alicyclic amines) is 1. The molecule has 0 radical (unpaired) electrons. The van der Waals surface area contributed by atoms with Crippen molar-refractivity contribution in [3.8, 4) is 5.75 Å². The molecule has 1 aliphatic rings. The molecule has 1 amide bonds. The molecule has 0 saturated carbocycles. The molecule has 24 heavy (non-hydrogen) atoms. The van der Waals surface area contributed by atoms with E-state index in [4.69, 9.17) is 4.74 Å². The van der Waals surface area contributed by atoms with Crippen LogP contribution in [-0.2, 0) is 13.6 Å². The van der Waals surface area contributed by atoms with E-state index in [-0.39, 0.29) is 11.9 Å². The zero-order valence-corrected chi connectivity index (χ0v) is 14.2. The maximum absolute atomic E-state index is 12.3. The summed E-state index contributed by atoms with van der Waals surface area (Å²) < 4.78 is 6.84. The Balaban J connectivity index is 1.54. The molecule has 1 aliphatic heterocycles. The summed E-state index contributed by atoms with van der Waals surface area (Å²) in [4.78, 5) is 14.7. The highest BCUT2D eigenvalue weighted by atomic mass is 16.5. The monoisotopic (exact) mass is 328 g/mol. The van der Waals surface area contributed by atoms with Crippen LogP contribution in [-0.4, -0.2) is 46.8 Å². The Morgan fingerprint density at radius 1 is 1.38 bits per heavy atom. The first-order chi connectivity index (χ1) is 11.6. The smallest absolute Gasteiger partial charge is 0.254 e. The van der Waals surface area contributed by atoms with Crippen molar-refractivity contribution in [2.24, 2.45) is 7.05 Å². The number of carbonyl (C=O) groups excluding carboxylic acids is 1. The number of piperidine rings is 1. The van der Waals surface area contributed by atoms with Gasteiger partial charge in [-0.2, -0.15) is 5.10 Å². The third-order valence-electron chi connectivity index (χ3n) is 4.37. The van der Waals surface area contributed by atoms with Crippen LogP contribution in [0.15, 0.2) is 36.7 Å². The van der Waals surface area contributed by atoms with Crippen LogP contribution in [0, 0.1) is 0 Å². The van der Waals surface area contributed by atoms with Gasteiger partial charge in [-0.1, -0.05) is 12.1 Å². The molecule has 1 unspecified atom stereocenters. The van der Waals surface area contributed by atoms with Gasteiger partial charge in [-0.3, -0.25) is 14.4 Å². The molecular formula is C18H24N4O2. The van der Waals surface area contributed by atoms with Crippen molar-refractivity contribution in [3.63, 3.8) is 0 Å². The number of benzene rings is 1. The third kappa shape index (κ3) is 4.14. The molecule has 1 N–H and O–H groups in total. The molecule has 128 valence electrons. The average Bonchev–Trinajstić information content (AvgIpc) is 3.02. The van der Waals surface area contributed by atoms with E-state index in [0.717, 1.165) is 38.2 Å². The van der Waals surface area contributed by atoms with E-state index in [2.05, 4.69) is 27.4 Å². The van der Waals surface area contributed by atoms with E-state index in [1.54, 1.807) is 24.2 Å². The van der Waals surface area contributed by atoms with E-state index < -0.39 is 0 Å². The fourth-order valence-electron chi connectivity index (χ4n) is 3.11. The lowest BCUT2D eigenvalue weighted by molar-refractivity contribution is 0.0900. The van der Waals surface area contributed by atoms with Crippen LogP contribution >= 0.6 is 0 Å². The van der Waals surface area contributed by atoms with E-state index in [0.29, 0.717) is 5.56 Å². The van der Waals surface area contributed by atoms with E-state index >= 15 is 0 Å². The number of ether oxygens (including phenoxy) is 1. The van der Waals surface area contributed by atoms with Gasteiger partial charge in [0.1, 0.15) is 5.75 Å². The number of carbonyl (C=O) groups is 1. The maximum Gasteiger partial charge on any atom is 0.254 e. The minimum atomic E-state index is -0.0422. The van der Waals surface area contributed by atoms with Crippen LogP contribution in [0.4, 0.5) is 0 Å². The van der Waals surface area contributed by atoms with Crippen molar-refractivity contribution in [2.45, 2.75) is 25.4 Å². The minimum Gasteiger partial charge on any atom is -0.497 e. The molecule has 0 spiro atoms. The largest absolute Gasteiger partial charge is 0.497 e. The van der Waals surface area contributed by atoms with Crippen LogP contribution in [0.25, 0.3) is 0 Å². The fraction of sp³-hybridized carbons (Fsp3) is 0.444. The molecule has 0 bridgehead atoms. The Bertz CT molecular complexity index is 681. The van der Waals surface area contributed by atoms with Crippen LogP contribution in [0.3, 0.4) is 0 Å². The average molecular weight is 328 g/mol. The lowest BCUT2D eigenvalue weighted by Gasteiger charge is -2.33. The second-order valence-electron chi connectivity index (χ2n) is 6.30. The zero-order valence-electron chi connectivity index (χ0n) is 14.2. The van der Waals surface area contributed by atoms with E-state index in [1.165, 1.54) is 5.56 Å². The number of nitrogens with one attached hydrogen (secondary N) is 1. The molecular weight excluding hydrogens is 304 g/mol. The highest BCUT2D eigenvalue weighted by Crippen LogP contribution is 2.17. The summed E-state index contributed by atoms with van der Waals surface area (Å²) in [5, 5.41) is 7.18. The summed E-state index contributed by atoms with van der Waals surface area (Å²) in [6.45, 7) is 2.83. The van der Waals surface area contributed by atoms with Crippen molar-refractivity contribution >= 4 is 5.91 Å². The summed E-state index contributed by atoms with van der Waals surface area (Å²) >= 11 is 0. The molecule has 0 aliphatic carbocycles. The van der Waals surface area contributed by atoms with Crippen molar-refractivity contribution in [3.05, 3.63) is 47.8 Å². The highest BCUT2D eigenvalue weighted by Gasteiger charge is 2.22.